The third-order valence-electron chi connectivity index (χ3n) is 5.14. The summed E-state index contributed by atoms with van der Waals surface area (Å²) in [7, 11) is 0. The number of phenols is 1. The quantitative estimate of drug-likeness (QED) is 0.635. The lowest BCUT2D eigenvalue weighted by molar-refractivity contribution is -0.117. The molecular formula is C25H22N2O2. The van der Waals surface area contributed by atoms with Crippen LogP contribution in [-0.2, 0) is 11.2 Å². The molecule has 0 saturated heterocycles. The molecule has 0 saturated carbocycles. The van der Waals surface area contributed by atoms with Gasteiger partial charge in [0.25, 0.3) is 5.91 Å². The highest BCUT2D eigenvalue weighted by Crippen LogP contribution is 2.35. The van der Waals surface area contributed by atoms with Crippen LogP contribution in [0, 0.1) is 0 Å². The topological polar surface area (TPSA) is 52.6 Å². The maximum absolute atomic E-state index is 13.0. The molecule has 3 aromatic rings. The maximum atomic E-state index is 13.0. The molecule has 4 heteroatoms. The molecule has 1 aliphatic heterocycles. The molecule has 1 amide bonds. The van der Waals surface area contributed by atoms with Crippen LogP contribution in [-0.4, -0.2) is 22.5 Å². The Morgan fingerprint density at radius 1 is 1.00 bits per heavy atom. The number of nitrogens with zero attached hydrogens (tertiary/aromatic N) is 1. The number of carbonyl (C=O) groups excluding carboxylic acids is 1. The van der Waals surface area contributed by atoms with E-state index in [1.807, 2.05) is 65.6 Å². The van der Waals surface area contributed by atoms with Crippen molar-refractivity contribution in [2.24, 2.45) is 0 Å². The molecule has 4 nitrogen and oxygen atoms in total. The van der Waals surface area contributed by atoms with Crippen molar-refractivity contribution in [2.75, 3.05) is 6.54 Å². The number of fused-ring (bicyclic) bond motifs is 1. The molecule has 3 aromatic carbocycles. The second kappa shape index (κ2) is 7.68. The minimum Gasteiger partial charge on any atom is -0.508 e. The van der Waals surface area contributed by atoms with Gasteiger partial charge in [0.15, 0.2) is 0 Å². The van der Waals surface area contributed by atoms with Crippen molar-refractivity contribution in [1.82, 2.24) is 10.2 Å². The molecule has 0 radical (unpaired) electrons. The summed E-state index contributed by atoms with van der Waals surface area (Å²) in [6, 6.07) is 21.2. The summed E-state index contributed by atoms with van der Waals surface area (Å²) in [5, 5.41) is 15.4. The zero-order valence-electron chi connectivity index (χ0n) is 16.1. The fourth-order valence-electron chi connectivity index (χ4n) is 3.79. The van der Waals surface area contributed by atoms with E-state index in [0.717, 1.165) is 27.6 Å². The van der Waals surface area contributed by atoms with Crippen LogP contribution in [0.3, 0.4) is 0 Å². The van der Waals surface area contributed by atoms with E-state index in [1.54, 1.807) is 12.1 Å². The Hall–Kier alpha value is -3.79. The van der Waals surface area contributed by atoms with Crippen LogP contribution in [0.2, 0.25) is 0 Å². The number of hydrogen-bond donors (Lipinski definition) is 2. The number of phenolic OH excluding ortho intramolecular Hbond substituents is 1. The van der Waals surface area contributed by atoms with Gasteiger partial charge in [0.05, 0.1) is 5.70 Å². The Kier molecular flexibility index (Phi) is 4.92. The van der Waals surface area contributed by atoms with Crippen LogP contribution in [0.5, 0.6) is 5.75 Å². The first-order valence-electron chi connectivity index (χ1n) is 9.47. The van der Waals surface area contributed by atoms with Gasteiger partial charge in [-0.3, -0.25) is 4.79 Å². The van der Waals surface area contributed by atoms with Gasteiger partial charge in [-0.05, 0) is 22.4 Å². The van der Waals surface area contributed by atoms with E-state index in [9.17, 15) is 9.90 Å². The lowest BCUT2D eigenvalue weighted by Crippen LogP contribution is -2.41. The lowest BCUT2D eigenvalue weighted by Gasteiger charge is -2.35. The fraction of sp³-hybridized carbons (Fsp3) is 0.0800. The number of amides is 1. The molecule has 0 aliphatic carbocycles. The molecule has 1 heterocycles. The Bertz CT molecular complexity index is 1150. The van der Waals surface area contributed by atoms with E-state index in [2.05, 4.69) is 18.5 Å². The van der Waals surface area contributed by atoms with Gasteiger partial charge in [-0.25, -0.2) is 0 Å². The molecule has 144 valence electrons. The van der Waals surface area contributed by atoms with Gasteiger partial charge >= 0.3 is 0 Å². The second-order valence-electron chi connectivity index (χ2n) is 6.95. The highest BCUT2D eigenvalue weighted by Gasteiger charge is 2.30. The first-order valence-corrected chi connectivity index (χ1v) is 9.47. The molecule has 0 atom stereocenters. The minimum atomic E-state index is -0.207. The highest BCUT2D eigenvalue weighted by atomic mass is 16.3. The van der Waals surface area contributed by atoms with E-state index >= 15 is 0 Å². The average molecular weight is 382 g/mol. The summed E-state index contributed by atoms with van der Waals surface area (Å²) in [6.07, 6.45) is 2.07. The average Bonchev–Trinajstić information content (AvgIpc) is 2.74. The second-order valence-corrected chi connectivity index (χ2v) is 6.95. The monoisotopic (exact) mass is 382 g/mol. The molecule has 4 rings (SSSR count). The Labute approximate surface area is 170 Å². The minimum absolute atomic E-state index is 0.177. The van der Waals surface area contributed by atoms with Gasteiger partial charge in [-0.15, -0.1) is 6.58 Å². The van der Waals surface area contributed by atoms with Crippen molar-refractivity contribution >= 4 is 22.4 Å². The number of carbonyl (C=O) groups is 1. The zero-order chi connectivity index (χ0) is 20.4. The number of benzene rings is 3. The van der Waals surface area contributed by atoms with Gasteiger partial charge in [0.1, 0.15) is 11.6 Å². The van der Waals surface area contributed by atoms with Gasteiger partial charge in [-0.1, -0.05) is 73.3 Å². The summed E-state index contributed by atoms with van der Waals surface area (Å²) >= 11 is 0. The van der Waals surface area contributed by atoms with E-state index in [0.29, 0.717) is 24.4 Å². The van der Waals surface area contributed by atoms with E-state index in [1.165, 1.54) is 0 Å². The fourth-order valence-corrected chi connectivity index (χ4v) is 3.79. The SMILES string of the molecule is C=CCN1C(=C)NC(=O)C(Cc2c(O)ccc3ccccc23)=C1c1ccccc1. The van der Waals surface area contributed by atoms with Crippen molar-refractivity contribution in [2.45, 2.75) is 6.42 Å². The van der Waals surface area contributed by atoms with Crippen molar-refractivity contribution in [3.8, 4) is 5.75 Å². The molecular weight excluding hydrogens is 360 g/mol. The van der Waals surface area contributed by atoms with Crippen molar-refractivity contribution < 1.29 is 9.90 Å². The van der Waals surface area contributed by atoms with Gasteiger partial charge in [0.2, 0.25) is 0 Å². The maximum Gasteiger partial charge on any atom is 0.255 e. The van der Waals surface area contributed by atoms with Crippen LogP contribution < -0.4 is 5.32 Å². The van der Waals surface area contributed by atoms with Gasteiger partial charge in [-0.2, -0.15) is 0 Å². The van der Waals surface area contributed by atoms with E-state index < -0.39 is 0 Å². The first-order chi connectivity index (χ1) is 14.1. The predicted octanol–water partition coefficient (Wildman–Crippen LogP) is 4.59. The number of hydrogen-bond acceptors (Lipinski definition) is 3. The van der Waals surface area contributed by atoms with Crippen molar-refractivity contribution in [1.29, 1.82) is 0 Å². The van der Waals surface area contributed by atoms with E-state index in [-0.39, 0.29) is 11.7 Å². The Morgan fingerprint density at radius 3 is 2.48 bits per heavy atom. The Balaban J connectivity index is 1.94. The molecule has 0 bridgehead atoms. The number of nitrogens with one attached hydrogen (secondary N) is 1. The molecule has 0 aromatic heterocycles. The van der Waals surface area contributed by atoms with Gasteiger partial charge < -0.3 is 15.3 Å². The smallest absolute Gasteiger partial charge is 0.255 e. The van der Waals surface area contributed by atoms with Crippen molar-refractivity contribution in [3.05, 3.63) is 108 Å². The van der Waals surface area contributed by atoms with Crippen LogP contribution in [0.15, 0.2) is 97.4 Å². The summed E-state index contributed by atoms with van der Waals surface area (Å²) in [5.74, 6) is 0.484. The Morgan fingerprint density at radius 2 is 1.72 bits per heavy atom. The first kappa shape index (κ1) is 18.6. The van der Waals surface area contributed by atoms with Crippen LogP contribution in [0.1, 0.15) is 11.1 Å². The van der Waals surface area contributed by atoms with Crippen molar-refractivity contribution in [3.63, 3.8) is 0 Å². The molecule has 1 aliphatic rings. The largest absolute Gasteiger partial charge is 0.508 e. The number of rotatable bonds is 5. The molecule has 29 heavy (non-hydrogen) atoms. The third kappa shape index (κ3) is 3.41. The zero-order valence-corrected chi connectivity index (χ0v) is 16.1. The summed E-state index contributed by atoms with van der Waals surface area (Å²) < 4.78 is 0. The lowest BCUT2D eigenvalue weighted by atomic mass is 9.92. The summed E-state index contributed by atoms with van der Waals surface area (Å²) in [4.78, 5) is 15.0. The van der Waals surface area contributed by atoms with Crippen LogP contribution in [0.4, 0.5) is 0 Å². The third-order valence-corrected chi connectivity index (χ3v) is 5.14. The highest BCUT2D eigenvalue weighted by molar-refractivity contribution is 6.05. The summed E-state index contributed by atoms with van der Waals surface area (Å²) in [5.41, 5.74) is 3.01. The molecule has 0 unspecified atom stereocenters. The van der Waals surface area contributed by atoms with Crippen LogP contribution in [0.25, 0.3) is 16.5 Å². The standard InChI is InChI=1S/C25H22N2O2/c1-3-15-27-17(2)26-25(29)22(24(27)19-10-5-4-6-11-19)16-21-20-12-8-7-9-18(20)13-14-23(21)28/h3-14,28H,1-2,15-16H2,(H,26,29). The molecule has 2 N–H and O–H groups in total. The van der Waals surface area contributed by atoms with E-state index in [4.69, 9.17) is 0 Å². The normalized spacial score (nSPS) is 14.3. The van der Waals surface area contributed by atoms with Crippen LogP contribution >= 0.6 is 0 Å². The number of aromatic hydroxyl groups is 1. The van der Waals surface area contributed by atoms with Gasteiger partial charge in [0, 0.05) is 24.1 Å². The summed E-state index contributed by atoms with van der Waals surface area (Å²) in [6.45, 7) is 8.36. The predicted molar refractivity (Wildman–Crippen MR) is 117 cm³/mol. The molecule has 0 spiro atoms. The molecule has 0 fully saturated rings.